The fourth-order valence-electron chi connectivity index (χ4n) is 3.93. The third kappa shape index (κ3) is 2.82. The van der Waals surface area contributed by atoms with E-state index in [0.717, 1.165) is 11.3 Å². The van der Waals surface area contributed by atoms with Crippen LogP contribution in [-0.2, 0) is 9.59 Å². The Morgan fingerprint density at radius 1 is 0.759 bits per heavy atom. The van der Waals surface area contributed by atoms with Crippen LogP contribution < -0.4 is 9.91 Å². The van der Waals surface area contributed by atoms with Gasteiger partial charge in [0.25, 0.3) is 5.91 Å². The minimum Gasteiger partial charge on any atom is -0.273 e. The van der Waals surface area contributed by atoms with Gasteiger partial charge in [-0.05, 0) is 35.9 Å². The molecule has 1 fully saturated rings. The Morgan fingerprint density at radius 2 is 1.41 bits per heavy atom. The van der Waals surface area contributed by atoms with Gasteiger partial charge in [-0.3, -0.25) is 14.6 Å². The highest BCUT2D eigenvalue weighted by atomic mass is 35.5. The molecule has 0 aliphatic carbocycles. The van der Waals surface area contributed by atoms with Crippen molar-refractivity contribution in [3.8, 4) is 0 Å². The lowest BCUT2D eigenvalue weighted by Crippen LogP contribution is -2.39. The fraction of sp³-hybridized carbons (Fsp3) is 0.0870. The second-order valence-corrected chi connectivity index (χ2v) is 7.38. The predicted molar refractivity (Wildman–Crippen MR) is 113 cm³/mol. The number of benzene rings is 3. The summed E-state index contributed by atoms with van der Waals surface area (Å²) in [6, 6.07) is 25.0. The molecule has 2 heterocycles. The van der Waals surface area contributed by atoms with Crippen LogP contribution in [0, 0.1) is 5.92 Å². The molecule has 2 amide bonds. The molecule has 0 spiro atoms. The van der Waals surface area contributed by atoms with Gasteiger partial charge in [0.2, 0.25) is 5.91 Å². The van der Waals surface area contributed by atoms with Gasteiger partial charge in [-0.15, -0.1) is 0 Å². The lowest BCUT2D eigenvalue weighted by Gasteiger charge is -2.22. The third-order valence-electron chi connectivity index (χ3n) is 5.21. The summed E-state index contributed by atoms with van der Waals surface area (Å²) >= 11 is 6.11. The second kappa shape index (κ2) is 6.87. The molecule has 5 nitrogen and oxygen atoms in total. The molecule has 0 N–H and O–H groups in total. The average Bonchev–Trinajstić information content (AvgIpc) is 3.26. The first-order chi connectivity index (χ1) is 14.1. The van der Waals surface area contributed by atoms with Gasteiger partial charge in [-0.1, -0.05) is 66.2 Å². The highest BCUT2D eigenvalue weighted by Gasteiger charge is 2.57. The number of carbonyl (C=O) groups excluding carboxylic acids is 2. The second-order valence-electron chi connectivity index (χ2n) is 6.95. The highest BCUT2D eigenvalue weighted by molar-refractivity contribution is 6.35. The number of para-hydroxylation sites is 1. The largest absolute Gasteiger partial charge is 0.273 e. The van der Waals surface area contributed by atoms with Crippen molar-refractivity contribution in [1.82, 2.24) is 0 Å². The molecule has 2 aliphatic rings. The van der Waals surface area contributed by atoms with Crippen molar-refractivity contribution in [2.24, 2.45) is 11.0 Å². The number of hydrogen-bond donors (Lipinski definition) is 0. The molecule has 142 valence electrons. The van der Waals surface area contributed by atoms with Crippen LogP contribution in [0.25, 0.3) is 0 Å². The molecule has 6 heteroatoms. The summed E-state index contributed by atoms with van der Waals surface area (Å²) in [7, 11) is 0. The van der Waals surface area contributed by atoms with Crippen molar-refractivity contribution in [3.63, 3.8) is 0 Å². The van der Waals surface area contributed by atoms with Crippen LogP contribution in [0.15, 0.2) is 90.0 Å². The van der Waals surface area contributed by atoms with Crippen LogP contribution in [0.4, 0.5) is 11.4 Å². The quantitative estimate of drug-likeness (QED) is 0.620. The Bertz CT molecular complexity index is 1130. The van der Waals surface area contributed by atoms with E-state index in [0.29, 0.717) is 16.4 Å². The van der Waals surface area contributed by atoms with E-state index in [1.54, 1.807) is 29.3 Å². The summed E-state index contributed by atoms with van der Waals surface area (Å²) in [5.74, 6) is -1.27. The van der Waals surface area contributed by atoms with Crippen LogP contribution in [0.2, 0.25) is 5.02 Å². The van der Waals surface area contributed by atoms with Crippen LogP contribution in [0.1, 0.15) is 5.56 Å². The van der Waals surface area contributed by atoms with Crippen molar-refractivity contribution in [3.05, 3.63) is 95.5 Å². The molecule has 3 aromatic carbocycles. The van der Waals surface area contributed by atoms with Crippen LogP contribution in [0.5, 0.6) is 0 Å². The summed E-state index contributed by atoms with van der Waals surface area (Å²) in [6.45, 7) is 0. The molecule has 0 unspecified atom stereocenters. The normalized spacial score (nSPS) is 20.8. The van der Waals surface area contributed by atoms with Gasteiger partial charge in [-0.2, -0.15) is 5.10 Å². The van der Waals surface area contributed by atoms with Gasteiger partial charge >= 0.3 is 0 Å². The predicted octanol–water partition coefficient (Wildman–Crippen LogP) is 4.12. The first-order valence-electron chi connectivity index (χ1n) is 9.27. The number of imide groups is 1. The Balaban J connectivity index is 1.64. The van der Waals surface area contributed by atoms with Gasteiger partial charge in [0, 0.05) is 5.02 Å². The van der Waals surface area contributed by atoms with Crippen molar-refractivity contribution in [2.45, 2.75) is 6.04 Å². The van der Waals surface area contributed by atoms with Gasteiger partial charge in [0.05, 0.1) is 17.1 Å². The van der Waals surface area contributed by atoms with Gasteiger partial charge in [0.1, 0.15) is 12.0 Å². The molecule has 3 aromatic rings. The van der Waals surface area contributed by atoms with E-state index in [-0.39, 0.29) is 11.8 Å². The van der Waals surface area contributed by atoms with Crippen LogP contribution >= 0.6 is 11.6 Å². The standard InChI is InChI=1S/C23H16ClN3O2/c24-16-10-7-13-18(14-16)26-22(28)19-20(15-8-3-1-4-9-15)25-27(21(19)23(26)29)17-11-5-2-6-12-17/h1-14,19,21H/t19-,21-/m1/s1. The number of amides is 2. The summed E-state index contributed by atoms with van der Waals surface area (Å²) in [5.41, 5.74) is 2.67. The van der Waals surface area contributed by atoms with Gasteiger partial charge in [-0.25, -0.2) is 4.90 Å². The van der Waals surface area contributed by atoms with Gasteiger partial charge < -0.3 is 0 Å². The Labute approximate surface area is 172 Å². The lowest BCUT2D eigenvalue weighted by atomic mass is 9.93. The number of fused-ring (bicyclic) bond motifs is 1. The third-order valence-corrected chi connectivity index (χ3v) is 5.44. The Hall–Kier alpha value is -3.44. The molecule has 0 saturated carbocycles. The first kappa shape index (κ1) is 17.6. The van der Waals surface area contributed by atoms with E-state index in [2.05, 4.69) is 0 Å². The smallest absolute Gasteiger partial charge is 0.259 e. The van der Waals surface area contributed by atoms with E-state index in [4.69, 9.17) is 16.7 Å². The molecule has 29 heavy (non-hydrogen) atoms. The van der Waals surface area contributed by atoms with Crippen molar-refractivity contribution in [2.75, 3.05) is 9.91 Å². The molecular weight excluding hydrogens is 386 g/mol. The Morgan fingerprint density at radius 3 is 2.10 bits per heavy atom. The topological polar surface area (TPSA) is 53.0 Å². The molecule has 0 aromatic heterocycles. The maximum Gasteiger partial charge on any atom is 0.259 e. The number of hydrogen-bond acceptors (Lipinski definition) is 4. The number of anilines is 2. The van der Waals surface area contributed by atoms with Crippen molar-refractivity contribution in [1.29, 1.82) is 0 Å². The maximum absolute atomic E-state index is 13.4. The SMILES string of the molecule is O=C1[C@@H]2C(c3ccccc3)=NN(c3ccccc3)[C@H]2C(=O)N1c1cccc(Cl)c1. The zero-order valence-corrected chi connectivity index (χ0v) is 16.0. The molecule has 0 bridgehead atoms. The summed E-state index contributed by atoms with van der Waals surface area (Å²) in [6.07, 6.45) is 0. The Kier molecular flexibility index (Phi) is 4.18. The van der Waals surface area contributed by atoms with E-state index >= 15 is 0 Å². The molecule has 1 saturated heterocycles. The molecule has 2 aliphatic heterocycles. The molecule has 5 rings (SSSR count). The maximum atomic E-state index is 13.4. The average molecular weight is 402 g/mol. The van der Waals surface area contributed by atoms with E-state index in [1.807, 2.05) is 60.7 Å². The summed E-state index contributed by atoms with van der Waals surface area (Å²) in [5, 5.41) is 6.85. The van der Waals surface area contributed by atoms with Crippen LogP contribution in [0.3, 0.4) is 0 Å². The zero-order valence-electron chi connectivity index (χ0n) is 15.3. The molecule has 0 radical (unpaired) electrons. The number of nitrogens with zero attached hydrogens (tertiary/aromatic N) is 3. The number of rotatable bonds is 3. The van der Waals surface area contributed by atoms with E-state index in [1.165, 1.54) is 4.90 Å². The lowest BCUT2D eigenvalue weighted by molar-refractivity contribution is -0.121. The van der Waals surface area contributed by atoms with Crippen molar-refractivity contribution < 1.29 is 9.59 Å². The zero-order chi connectivity index (χ0) is 20.0. The first-order valence-corrected chi connectivity index (χ1v) is 9.64. The van der Waals surface area contributed by atoms with Crippen LogP contribution in [-0.4, -0.2) is 23.6 Å². The number of carbonyl (C=O) groups is 2. The van der Waals surface area contributed by atoms with E-state index in [9.17, 15) is 9.59 Å². The monoisotopic (exact) mass is 401 g/mol. The van der Waals surface area contributed by atoms with E-state index < -0.39 is 12.0 Å². The summed E-state index contributed by atoms with van der Waals surface area (Å²) < 4.78 is 0. The molecular formula is C23H16ClN3O2. The van der Waals surface area contributed by atoms with Crippen molar-refractivity contribution >= 4 is 40.5 Å². The minimum absolute atomic E-state index is 0.289. The number of halogens is 1. The fourth-order valence-corrected chi connectivity index (χ4v) is 4.11. The van der Waals surface area contributed by atoms with Gasteiger partial charge in [0.15, 0.2) is 0 Å². The summed E-state index contributed by atoms with van der Waals surface area (Å²) in [4.78, 5) is 28.1. The number of hydrazone groups is 1. The minimum atomic E-state index is -0.723. The highest BCUT2D eigenvalue weighted by Crippen LogP contribution is 2.39. The molecule has 2 atom stereocenters.